The Balaban J connectivity index is 2.00. The van der Waals surface area contributed by atoms with E-state index >= 15 is 0 Å². The number of benzene rings is 1. The molecule has 2 aromatic rings. The lowest BCUT2D eigenvalue weighted by Gasteiger charge is -2.09. The van der Waals surface area contributed by atoms with E-state index in [4.69, 9.17) is 5.73 Å². The molecule has 4 heteroatoms. The first-order valence-electron chi connectivity index (χ1n) is 6.16. The van der Waals surface area contributed by atoms with Gasteiger partial charge in [0.25, 0.3) is 0 Å². The first kappa shape index (κ1) is 13.2. The van der Waals surface area contributed by atoms with E-state index in [9.17, 15) is 4.79 Å². The Morgan fingerprint density at radius 3 is 2.68 bits per heavy atom. The molecule has 0 bridgehead atoms. The van der Waals surface area contributed by atoms with Crippen molar-refractivity contribution in [2.75, 3.05) is 0 Å². The van der Waals surface area contributed by atoms with Crippen molar-refractivity contribution in [3.63, 3.8) is 0 Å². The second-order valence-electron chi connectivity index (χ2n) is 4.43. The van der Waals surface area contributed by atoms with Crippen LogP contribution in [0.5, 0.6) is 0 Å². The zero-order chi connectivity index (χ0) is 13.7. The van der Waals surface area contributed by atoms with E-state index in [1.165, 1.54) is 5.56 Å². The third-order valence-corrected chi connectivity index (χ3v) is 3.05. The highest BCUT2D eigenvalue weighted by Gasteiger charge is 2.06. The molecule has 0 aliphatic heterocycles. The molecule has 1 aromatic heterocycles. The lowest BCUT2D eigenvalue weighted by atomic mass is 10.1. The molecule has 0 aliphatic rings. The molecule has 0 fully saturated rings. The van der Waals surface area contributed by atoms with Crippen molar-refractivity contribution in [3.8, 4) is 0 Å². The summed E-state index contributed by atoms with van der Waals surface area (Å²) >= 11 is 0. The van der Waals surface area contributed by atoms with Crippen molar-refractivity contribution in [3.05, 3.63) is 65.0 Å². The standard InChI is InChI=1S/C15H17N3O/c1-11-8-17-7-6-12(11)9-18-10-13-4-2-3-5-14(13)15(16)19/h2-8,18H,9-10H2,1H3,(H2,16,19). The number of primary amides is 1. The van der Waals surface area contributed by atoms with Crippen LogP contribution < -0.4 is 11.1 Å². The maximum Gasteiger partial charge on any atom is 0.249 e. The smallest absolute Gasteiger partial charge is 0.249 e. The molecular formula is C15H17N3O. The number of hydrogen-bond donors (Lipinski definition) is 2. The summed E-state index contributed by atoms with van der Waals surface area (Å²) in [7, 11) is 0. The minimum Gasteiger partial charge on any atom is -0.366 e. The van der Waals surface area contributed by atoms with Gasteiger partial charge in [-0.15, -0.1) is 0 Å². The number of aryl methyl sites for hydroxylation is 1. The van der Waals surface area contributed by atoms with E-state index in [-0.39, 0.29) is 0 Å². The van der Waals surface area contributed by atoms with E-state index < -0.39 is 5.91 Å². The Morgan fingerprint density at radius 2 is 1.95 bits per heavy atom. The normalized spacial score (nSPS) is 10.4. The van der Waals surface area contributed by atoms with Gasteiger partial charge in [-0.3, -0.25) is 9.78 Å². The van der Waals surface area contributed by atoms with E-state index in [1.807, 2.05) is 37.4 Å². The molecule has 0 saturated heterocycles. The quantitative estimate of drug-likeness (QED) is 0.855. The van der Waals surface area contributed by atoms with Gasteiger partial charge in [-0.05, 0) is 35.7 Å². The van der Waals surface area contributed by atoms with E-state index in [0.717, 1.165) is 17.7 Å². The van der Waals surface area contributed by atoms with Gasteiger partial charge in [0.15, 0.2) is 0 Å². The lowest BCUT2D eigenvalue weighted by Crippen LogP contribution is -2.19. The Kier molecular flexibility index (Phi) is 4.26. The Bertz CT molecular complexity index is 581. The molecule has 2 rings (SSSR count). The number of aromatic nitrogens is 1. The van der Waals surface area contributed by atoms with Gasteiger partial charge < -0.3 is 11.1 Å². The predicted molar refractivity (Wildman–Crippen MR) is 74.5 cm³/mol. The second kappa shape index (κ2) is 6.11. The molecule has 3 N–H and O–H groups in total. The van der Waals surface area contributed by atoms with Gasteiger partial charge >= 0.3 is 0 Å². The van der Waals surface area contributed by atoms with E-state index in [2.05, 4.69) is 10.3 Å². The number of nitrogens with one attached hydrogen (secondary N) is 1. The van der Waals surface area contributed by atoms with Crippen LogP contribution in [-0.2, 0) is 13.1 Å². The van der Waals surface area contributed by atoms with Gasteiger partial charge in [0.05, 0.1) is 0 Å². The summed E-state index contributed by atoms with van der Waals surface area (Å²) in [5.41, 5.74) is 9.19. The highest BCUT2D eigenvalue weighted by molar-refractivity contribution is 5.94. The van der Waals surface area contributed by atoms with Crippen LogP contribution in [0.15, 0.2) is 42.7 Å². The third kappa shape index (κ3) is 3.39. The molecule has 0 radical (unpaired) electrons. The van der Waals surface area contributed by atoms with Gasteiger partial charge in [-0.2, -0.15) is 0 Å². The fraction of sp³-hybridized carbons (Fsp3) is 0.200. The molecule has 19 heavy (non-hydrogen) atoms. The summed E-state index contributed by atoms with van der Waals surface area (Å²) in [6.07, 6.45) is 3.62. The van der Waals surface area contributed by atoms with Crippen molar-refractivity contribution in [1.82, 2.24) is 10.3 Å². The molecule has 0 saturated carbocycles. The summed E-state index contributed by atoms with van der Waals surface area (Å²) in [4.78, 5) is 15.4. The minimum atomic E-state index is -0.391. The highest BCUT2D eigenvalue weighted by atomic mass is 16.1. The summed E-state index contributed by atoms with van der Waals surface area (Å²) in [6, 6.07) is 9.36. The molecule has 1 heterocycles. The van der Waals surface area contributed by atoms with Gasteiger partial charge in [0.1, 0.15) is 0 Å². The maximum atomic E-state index is 11.3. The van der Waals surface area contributed by atoms with Crippen LogP contribution in [0.25, 0.3) is 0 Å². The van der Waals surface area contributed by atoms with E-state index in [1.54, 1.807) is 12.3 Å². The zero-order valence-electron chi connectivity index (χ0n) is 10.9. The largest absolute Gasteiger partial charge is 0.366 e. The number of hydrogen-bond acceptors (Lipinski definition) is 3. The van der Waals surface area contributed by atoms with Gasteiger partial charge in [0.2, 0.25) is 5.91 Å². The van der Waals surface area contributed by atoms with Crippen LogP contribution in [0.4, 0.5) is 0 Å². The van der Waals surface area contributed by atoms with Crippen LogP contribution >= 0.6 is 0 Å². The minimum absolute atomic E-state index is 0.391. The van der Waals surface area contributed by atoms with Crippen LogP contribution in [0.1, 0.15) is 27.0 Å². The molecule has 1 amide bonds. The number of pyridine rings is 1. The molecule has 0 aliphatic carbocycles. The van der Waals surface area contributed by atoms with Crippen molar-refractivity contribution in [2.24, 2.45) is 5.73 Å². The van der Waals surface area contributed by atoms with Crippen molar-refractivity contribution in [1.29, 1.82) is 0 Å². The van der Waals surface area contributed by atoms with Gasteiger partial charge in [-0.25, -0.2) is 0 Å². The van der Waals surface area contributed by atoms with Crippen LogP contribution in [-0.4, -0.2) is 10.9 Å². The zero-order valence-corrected chi connectivity index (χ0v) is 10.9. The molecule has 0 spiro atoms. The summed E-state index contributed by atoms with van der Waals surface area (Å²) < 4.78 is 0. The topological polar surface area (TPSA) is 68.0 Å². The fourth-order valence-electron chi connectivity index (χ4n) is 1.95. The Labute approximate surface area is 112 Å². The second-order valence-corrected chi connectivity index (χ2v) is 4.43. The van der Waals surface area contributed by atoms with Crippen LogP contribution in [0.3, 0.4) is 0 Å². The molecule has 0 unspecified atom stereocenters. The first-order valence-corrected chi connectivity index (χ1v) is 6.16. The maximum absolute atomic E-state index is 11.3. The third-order valence-electron chi connectivity index (χ3n) is 3.05. The molecule has 0 atom stereocenters. The molecule has 1 aromatic carbocycles. The number of carbonyl (C=O) groups is 1. The monoisotopic (exact) mass is 255 g/mol. The fourth-order valence-corrected chi connectivity index (χ4v) is 1.95. The Hall–Kier alpha value is -2.20. The summed E-state index contributed by atoms with van der Waals surface area (Å²) in [6.45, 7) is 3.38. The van der Waals surface area contributed by atoms with Crippen molar-refractivity contribution >= 4 is 5.91 Å². The number of nitrogens with two attached hydrogens (primary N) is 1. The van der Waals surface area contributed by atoms with Gasteiger partial charge in [0, 0.05) is 31.0 Å². The SMILES string of the molecule is Cc1cnccc1CNCc1ccccc1C(N)=O. The van der Waals surface area contributed by atoms with Crippen molar-refractivity contribution < 1.29 is 4.79 Å². The highest BCUT2D eigenvalue weighted by Crippen LogP contribution is 2.09. The van der Waals surface area contributed by atoms with Crippen LogP contribution in [0, 0.1) is 6.92 Å². The van der Waals surface area contributed by atoms with Gasteiger partial charge in [-0.1, -0.05) is 18.2 Å². The average Bonchev–Trinajstić information content (AvgIpc) is 2.41. The van der Waals surface area contributed by atoms with Crippen LogP contribution in [0.2, 0.25) is 0 Å². The molecule has 98 valence electrons. The molecule has 4 nitrogen and oxygen atoms in total. The van der Waals surface area contributed by atoms with Crippen molar-refractivity contribution in [2.45, 2.75) is 20.0 Å². The lowest BCUT2D eigenvalue weighted by molar-refractivity contribution is 0.0999. The molecular weight excluding hydrogens is 238 g/mol. The summed E-state index contributed by atoms with van der Waals surface area (Å²) in [5, 5.41) is 3.32. The number of rotatable bonds is 5. The number of carbonyl (C=O) groups excluding carboxylic acids is 1. The predicted octanol–water partition coefficient (Wildman–Crippen LogP) is 1.78. The first-order chi connectivity index (χ1) is 9.18. The Morgan fingerprint density at radius 1 is 1.21 bits per heavy atom. The number of nitrogens with zero attached hydrogens (tertiary/aromatic N) is 1. The average molecular weight is 255 g/mol. The van der Waals surface area contributed by atoms with E-state index in [0.29, 0.717) is 12.1 Å². The number of amides is 1. The summed E-state index contributed by atoms with van der Waals surface area (Å²) in [5.74, 6) is -0.391.